The molecule has 5 heteroatoms. The van der Waals surface area contributed by atoms with E-state index >= 15 is 0 Å². The molecule has 0 bridgehead atoms. The highest BCUT2D eigenvalue weighted by molar-refractivity contribution is 5.50. The van der Waals surface area contributed by atoms with Crippen molar-refractivity contribution in [1.29, 1.82) is 0 Å². The maximum Gasteiger partial charge on any atom is 0.281 e. The van der Waals surface area contributed by atoms with Gasteiger partial charge in [0.25, 0.3) is 6.43 Å². The van der Waals surface area contributed by atoms with Crippen molar-refractivity contribution in [3.05, 3.63) is 29.8 Å². The lowest BCUT2D eigenvalue weighted by molar-refractivity contribution is 0.145. The van der Waals surface area contributed by atoms with Crippen LogP contribution in [0.3, 0.4) is 0 Å². The fourth-order valence-electron chi connectivity index (χ4n) is 1.13. The number of hydrogen-bond donors (Lipinski definition) is 0. The minimum atomic E-state index is -2.55. The summed E-state index contributed by atoms with van der Waals surface area (Å²) in [6.07, 6.45) is 1.72. The molecule has 0 saturated carbocycles. The van der Waals surface area contributed by atoms with Gasteiger partial charge in [-0.05, 0) is 12.5 Å². The fraction of sp³-hybridized carbons (Fsp3) is 0.250. The SMILES string of the molecule is Cc1cnn2cc(C(F)F)ncc12. The Morgan fingerprint density at radius 3 is 2.85 bits per heavy atom. The van der Waals surface area contributed by atoms with Gasteiger partial charge < -0.3 is 0 Å². The Balaban J connectivity index is 2.63. The normalized spacial score (nSPS) is 11.4. The third kappa shape index (κ3) is 1.26. The molecule has 13 heavy (non-hydrogen) atoms. The molecule has 0 fully saturated rings. The first-order valence-electron chi connectivity index (χ1n) is 3.76. The number of aromatic nitrogens is 3. The Labute approximate surface area is 73.0 Å². The second-order valence-electron chi connectivity index (χ2n) is 2.77. The summed E-state index contributed by atoms with van der Waals surface area (Å²) in [5.74, 6) is 0. The minimum absolute atomic E-state index is 0.254. The number of hydrogen-bond acceptors (Lipinski definition) is 2. The number of rotatable bonds is 1. The maximum absolute atomic E-state index is 12.2. The number of nitrogens with zero attached hydrogens (tertiary/aromatic N) is 3. The molecule has 0 atom stereocenters. The van der Waals surface area contributed by atoms with E-state index in [9.17, 15) is 8.78 Å². The molecule has 0 aliphatic carbocycles. The minimum Gasteiger partial charge on any atom is -0.251 e. The summed E-state index contributed by atoms with van der Waals surface area (Å²) in [5, 5.41) is 3.90. The highest BCUT2D eigenvalue weighted by atomic mass is 19.3. The summed E-state index contributed by atoms with van der Waals surface area (Å²) in [4.78, 5) is 3.63. The largest absolute Gasteiger partial charge is 0.281 e. The fourth-order valence-corrected chi connectivity index (χ4v) is 1.13. The van der Waals surface area contributed by atoms with Crippen LogP contribution < -0.4 is 0 Å². The smallest absolute Gasteiger partial charge is 0.251 e. The quantitative estimate of drug-likeness (QED) is 0.676. The average Bonchev–Trinajstić information content (AvgIpc) is 2.47. The van der Waals surface area contributed by atoms with Gasteiger partial charge in [-0.15, -0.1) is 0 Å². The number of fused-ring (bicyclic) bond motifs is 1. The van der Waals surface area contributed by atoms with Crippen LogP contribution in [0, 0.1) is 6.92 Å². The van der Waals surface area contributed by atoms with Crippen molar-refractivity contribution in [2.24, 2.45) is 0 Å². The third-order valence-corrected chi connectivity index (χ3v) is 1.84. The van der Waals surface area contributed by atoms with Crippen LogP contribution in [-0.4, -0.2) is 14.6 Å². The van der Waals surface area contributed by atoms with E-state index < -0.39 is 6.43 Å². The summed E-state index contributed by atoms with van der Waals surface area (Å²) in [6.45, 7) is 1.85. The molecule has 0 radical (unpaired) electrons. The first-order valence-corrected chi connectivity index (χ1v) is 3.76. The molecule has 3 nitrogen and oxygen atoms in total. The number of alkyl halides is 2. The molecule has 0 saturated heterocycles. The van der Waals surface area contributed by atoms with E-state index in [0.29, 0.717) is 0 Å². The van der Waals surface area contributed by atoms with Crippen molar-refractivity contribution in [3.8, 4) is 0 Å². The van der Waals surface area contributed by atoms with E-state index in [0.717, 1.165) is 11.1 Å². The van der Waals surface area contributed by atoms with Crippen LogP contribution in [0.1, 0.15) is 17.7 Å². The van der Waals surface area contributed by atoms with Crippen LogP contribution in [0.25, 0.3) is 5.52 Å². The summed E-state index contributed by atoms with van der Waals surface area (Å²) >= 11 is 0. The van der Waals surface area contributed by atoms with Gasteiger partial charge in [-0.2, -0.15) is 5.10 Å². The Kier molecular flexibility index (Phi) is 1.72. The molecule has 2 heterocycles. The van der Waals surface area contributed by atoms with E-state index in [1.165, 1.54) is 16.9 Å². The molecule has 68 valence electrons. The molecule has 0 amide bonds. The summed E-state index contributed by atoms with van der Waals surface area (Å²) in [6, 6.07) is 0. The van der Waals surface area contributed by atoms with E-state index in [1.54, 1.807) is 6.20 Å². The lowest BCUT2D eigenvalue weighted by Crippen LogP contribution is -1.95. The van der Waals surface area contributed by atoms with Gasteiger partial charge in [-0.3, -0.25) is 4.98 Å². The summed E-state index contributed by atoms with van der Waals surface area (Å²) in [5.41, 5.74) is 1.42. The van der Waals surface area contributed by atoms with Crippen LogP contribution in [0.4, 0.5) is 8.78 Å². The molecule has 0 unspecified atom stereocenters. The summed E-state index contributed by atoms with van der Waals surface area (Å²) in [7, 11) is 0. The van der Waals surface area contributed by atoms with Gasteiger partial charge in [0.05, 0.1) is 24.1 Å². The summed E-state index contributed by atoms with van der Waals surface area (Å²) < 4.78 is 25.8. The highest BCUT2D eigenvalue weighted by Gasteiger charge is 2.10. The van der Waals surface area contributed by atoms with Gasteiger partial charge in [0.1, 0.15) is 5.69 Å². The lowest BCUT2D eigenvalue weighted by atomic mass is 10.3. The Bertz CT molecular complexity index is 436. The highest BCUT2D eigenvalue weighted by Crippen LogP contribution is 2.17. The Morgan fingerprint density at radius 1 is 1.38 bits per heavy atom. The molecule has 0 spiro atoms. The predicted molar refractivity (Wildman–Crippen MR) is 42.7 cm³/mol. The molecule has 2 aromatic heterocycles. The molecule has 0 aliphatic rings. The van der Waals surface area contributed by atoms with Crippen LogP contribution in [0.15, 0.2) is 18.6 Å². The molecular weight excluding hydrogens is 176 g/mol. The first-order chi connectivity index (χ1) is 6.18. The standard InChI is InChI=1S/C8H7F2N3/c1-5-2-12-13-4-6(8(9)10)11-3-7(5)13/h2-4,8H,1H3. The van der Waals surface area contributed by atoms with Crippen molar-refractivity contribution in [1.82, 2.24) is 14.6 Å². The van der Waals surface area contributed by atoms with Crippen molar-refractivity contribution in [2.75, 3.05) is 0 Å². The number of aryl methyl sites for hydroxylation is 1. The monoisotopic (exact) mass is 183 g/mol. The molecule has 0 N–H and O–H groups in total. The van der Waals surface area contributed by atoms with Crippen LogP contribution in [-0.2, 0) is 0 Å². The maximum atomic E-state index is 12.2. The molecule has 2 aromatic rings. The van der Waals surface area contributed by atoms with Crippen LogP contribution in [0.5, 0.6) is 0 Å². The van der Waals surface area contributed by atoms with Gasteiger partial charge in [-0.25, -0.2) is 13.3 Å². The van der Waals surface area contributed by atoms with Crippen LogP contribution in [0.2, 0.25) is 0 Å². The van der Waals surface area contributed by atoms with E-state index in [-0.39, 0.29) is 5.69 Å². The third-order valence-electron chi connectivity index (χ3n) is 1.84. The van der Waals surface area contributed by atoms with Gasteiger partial charge >= 0.3 is 0 Å². The lowest BCUT2D eigenvalue weighted by Gasteiger charge is -1.98. The zero-order valence-electron chi connectivity index (χ0n) is 6.91. The van der Waals surface area contributed by atoms with Crippen molar-refractivity contribution in [2.45, 2.75) is 13.3 Å². The Hall–Kier alpha value is -1.52. The van der Waals surface area contributed by atoms with Crippen molar-refractivity contribution in [3.63, 3.8) is 0 Å². The van der Waals surface area contributed by atoms with E-state index in [2.05, 4.69) is 10.1 Å². The van der Waals surface area contributed by atoms with Gasteiger partial charge in [0, 0.05) is 0 Å². The second kappa shape index (κ2) is 2.76. The molecule has 2 rings (SSSR count). The van der Waals surface area contributed by atoms with Crippen molar-refractivity contribution >= 4 is 5.52 Å². The topological polar surface area (TPSA) is 30.2 Å². The van der Waals surface area contributed by atoms with E-state index in [1.807, 2.05) is 6.92 Å². The predicted octanol–water partition coefficient (Wildman–Crippen LogP) is 1.98. The zero-order valence-corrected chi connectivity index (χ0v) is 6.91. The average molecular weight is 183 g/mol. The van der Waals surface area contributed by atoms with Gasteiger partial charge in [0.15, 0.2) is 0 Å². The zero-order chi connectivity index (χ0) is 9.42. The van der Waals surface area contributed by atoms with Gasteiger partial charge in [-0.1, -0.05) is 0 Å². The molecule has 0 aliphatic heterocycles. The second-order valence-corrected chi connectivity index (χ2v) is 2.77. The first kappa shape index (κ1) is 8.10. The Morgan fingerprint density at radius 2 is 2.15 bits per heavy atom. The number of halogens is 2. The van der Waals surface area contributed by atoms with Gasteiger partial charge in [0.2, 0.25) is 0 Å². The molecule has 0 aromatic carbocycles. The van der Waals surface area contributed by atoms with Crippen molar-refractivity contribution < 1.29 is 8.78 Å². The van der Waals surface area contributed by atoms with E-state index in [4.69, 9.17) is 0 Å². The molecular formula is C8H7F2N3. The van der Waals surface area contributed by atoms with Crippen LogP contribution >= 0.6 is 0 Å².